The van der Waals surface area contributed by atoms with Gasteiger partial charge in [-0.1, -0.05) is 42.5 Å². The molecule has 1 atom stereocenters. The summed E-state index contributed by atoms with van der Waals surface area (Å²) in [5.74, 6) is 1.13. The first kappa shape index (κ1) is 19.2. The third-order valence-corrected chi connectivity index (χ3v) is 4.93. The van der Waals surface area contributed by atoms with Gasteiger partial charge in [-0.3, -0.25) is 9.69 Å². The molecule has 5 heteroatoms. The van der Waals surface area contributed by atoms with Gasteiger partial charge in [0.15, 0.2) is 17.6 Å². The molecule has 1 fully saturated rings. The van der Waals surface area contributed by atoms with Crippen molar-refractivity contribution in [3.05, 3.63) is 60.2 Å². The van der Waals surface area contributed by atoms with Crippen LogP contribution in [-0.4, -0.2) is 43.2 Å². The number of rotatable bonds is 7. The molecule has 1 heterocycles. The summed E-state index contributed by atoms with van der Waals surface area (Å²) in [6.45, 7) is 4.71. The number of nitrogens with zero attached hydrogens (tertiary/aromatic N) is 1. The van der Waals surface area contributed by atoms with Gasteiger partial charge in [-0.25, -0.2) is 0 Å². The average Bonchev–Trinajstić information content (AvgIpc) is 2.70. The number of para-hydroxylation sites is 2. The predicted molar refractivity (Wildman–Crippen MR) is 106 cm³/mol. The van der Waals surface area contributed by atoms with Crippen LogP contribution in [-0.2, 0) is 11.3 Å². The smallest absolute Gasteiger partial charge is 0.260 e. The number of carbonyl (C=O) groups excluding carboxylic acids is 1. The van der Waals surface area contributed by atoms with E-state index >= 15 is 0 Å². The fraction of sp³-hybridized carbons (Fsp3) is 0.409. The van der Waals surface area contributed by atoms with Crippen molar-refractivity contribution in [1.82, 2.24) is 10.2 Å². The molecule has 144 valence electrons. The first-order valence-electron chi connectivity index (χ1n) is 9.52. The summed E-state index contributed by atoms with van der Waals surface area (Å²) >= 11 is 0. The van der Waals surface area contributed by atoms with E-state index in [1.807, 2.05) is 30.3 Å². The first-order chi connectivity index (χ1) is 13.2. The third-order valence-electron chi connectivity index (χ3n) is 4.93. The highest BCUT2D eigenvalue weighted by atomic mass is 16.5. The number of carbonyl (C=O) groups is 1. The van der Waals surface area contributed by atoms with Gasteiger partial charge in [0.1, 0.15) is 0 Å². The summed E-state index contributed by atoms with van der Waals surface area (Å²) in [4.78, 5) is 14.9. The Hall–Kier alpha value is -2.53. The minimum atomic E-state index is -0.566. The van der Waals surface area contributed by atoms with Crippen LogP contribution in [0.4, 0.5) is 0 Å². The van der Waals surface area contributed by atoms with Gasteiger partial charge in [0.05, 0.1) is 7.11 Å². The minimum Gasteiger partial charge on any atom is -0.493 e. The number of methoxy groups -OCH3 is 1. The number of hydrogen-bond donors (Lipinski definition) is 1. The van der Waals surface area contributed by atoms with E-state index in [1.165, 1.54) is 5.56 Å². The van der Waals surface area contributed by atoms with Gasteiger partial charge in [0.2, 0.25) is 0 Å². The van der Waals surface area contributed by atoms with Crippen LogP contribution in [0, 0.1) is 0 Å². The molecule has 1 N–H and O–H groups in total. The quantitative estimate of drug-likeness (QED) is 0.815. The molecule has 1 aliphatic rings. The van der Waals surface area contributed by atoms with Crippen LogP contribution < -0.4 is 14.8 Å². The van der Waals surface area contributed by atoms with Crippen molar-refractivity contribution in [2.45, 2.75) is 38.5 Å². The molecule has 0 aliphatic carbocycles. The second kappa shape index (κ2) is 9.42. The van der Waals surface area contributed by atoms with E-state index in [0.717, 1.165) is 32.5 Å². The van der Waals surface area contributed by atoms with Crippen molar-refractivity contribution in [3.63, 3.8) is 0 Å². The van der Waals surface area contributed by atoms with E-state index in [-0.39, 0.29) is 11.9 Å². The van der Waals surface area contributed by atoms with E-state index in [1.54, 1.807) is 14.0 Å². The molecule has 0 saturated carbocycles. The summed E-state index contributed by atoms with van der Waals surface area (Å²) in [5, 5.41) is 3.13. The summed E-state index contributed by atoms with van der Waals surface area (Å²) < 4.78 is 11.1. The van der Waals surface area contributed by atoms with Gasteiger partial charge in [0.25, 0.3) is 5.91 Å². The normalized spacial score (nSPS) is 16.5. The molecule has 0 radical (unpaired) electrons. The molecule has 1 amide bonds. The molecule has 5 nitrogen and oxygen atoms in total. The Labute approximate surface area is 161 Å². The SMILES string of the molecule is COc1ccccc1OC(C)C(=O)NC1CCN(Cc2ccccc2)CC1. The maximum absolute atomic E-state index is 12.5. The fourth-order valence-electron chi connectivity index (χ4n) is 3.36. The van der Waals surface area contributed by atoms with E-state index in [2.05, 4.69) is 34.5 Å². The van der Waals surface area contributed by atoms with Crippen LogP contribution in [0.2, 0.25) is 0 Å². The topological polar surface area (TPSA) is 50.8 Å². The number of benzene rings is 2. The van der Waals surface area contributed by atoms with Gasteiger partial charge in [-0.2, -0.15) is 0 Å². The number of nitrogens with one attached hydrogen (secondary N) is 1. The number of amides is 1. The fourth-order valence-corrected chi connectivity index (χ4v) is 3.36. The van der Waals surface area contributed by atoms with E-state index in [0.29, 0.717) is 11.5 Å². The van der Waals surface area contributed by atoms with Crippen molar-refractivity contribution < 1.29 is 14.3 Å². The molecule has 0 bridgehead atoms. The lowest BCUT2D eigenvalue weighted by atomic mass is 10.0. The summed E-state index contributed by atoms with van der Waals surface area (Å²) in [6, 6.07) is 18.1. The molecule has 0 spiro atoms. The van der Waals surface area contributed by atoms with Crippen molar-refractivity contribution in [2.24, 2.45) is 0 Å². The lowest BCUT2D eigenvalue weighted by Crippen LogP contribution is -2.47. The molecule has 0 aromatic heterocycles. The van der Waals surface area contributed by atoms with Crippen LogP contribution in [0.1, 0.15) is 25.3 Å². The second-order valence-corrected chi connectivity index (χ2v) is 6.96. The molecule has 1 aliphatic heterocycles. The van der Waals surface area contributed by atoms with Crippen LogP contribution >= 0.6 is 0 Å². The lowest BCUT2D eigenvalue weighted by molar-refractivity contribution is -0.128. The monoisotopic (exact) mass is 368 g/mol. The highest BCUT2D eigenvalue weighted by molar-refractivity contribution is 5.81. The molecule has 1 saturated heterocycles. The van der Waals surface area contributed by atoms with Crippen LogP contribution in [0.25, 0.3) is 0 Å². The lowest BCUT2D eigenvalue weighted by Gasteiger charge is -2.32. The Morgan fingerprint density at radius 1 is 1.07 bits per heavy atom. The second-order valence-electron chi connectivity index (χ2n) is 6.96. The van der Waals surface area contributed by atoms with Gasteiger partial charge < -0.3 is 14.8 Å². The minimum absolute atomic E-state index is 0.0811. The number of hydrogen-bond acceptors (Lipinski definition) is 4. The van der Waals surface area contributed by atoms with Crippen molar-refractivity contribution in [3.8, 4) is 11.5 Å². The van der Waals surface area contributed by atoms with Crippen LogP contribution in [0.5, 0.6) is 11.5 Å². The zero-order valence-electron chi connectivity index (χ0n) is 16.1. The van der Waals surface area contributed by atoms with Gasteiger partial charge in [0, 0.05) is 25.7 Å². The highest BCUT2D eigenvalue weighted by Crippen LogP contribution is 2.26. The third kappa shape index (κ3) is 5.47. The zero-order chi connectivity index (χ0) is 19.1. The van der Waals surface area contributed by atoms with E-state index < -0.39 is 6.10 Å². The van der Waals surface area contributed by atoms with Gasteiger partial charge in [-0.15, -0.1) is 0 Å². The Balaban J connectivity index is 1.45. The number of piperidine rings is 1. The number of likely N-dealkylation sites (tertiary alicyclic amines) is 1. The number of ether oxygens (including phenoxy) is 2. The predicted octanol–water partition coefficient (Wildman–Crippen LogP) is 3.24. The molecule has 2 aromatic carbocycles. The molecular formula is C22H28N2O3. The largest absolute Gasteiger partial charge is 0.493 e. The van der Waals surface area contributed by atoms with Crippen LogP contribution in [0.3, 0.4) is 0 Å². The molecule has 2 aromatic rings. The summed E-state index contributed by atoms with van der Waals surface area (Å²) in [7, 11) is 1.59. The summed E-state index contributed by atoms with van der Waals surface area (Å²) in [6.07, 6.45) is 1.35. The van der Waals surface area contributed by atoms with Crippen molar-refractivity contribution >= 4 is 5.91 Å². The van der Waals surface area contributed by atoms with Gasteiger partial charge in [-0.05, 0) is 37.5 Å². The zero-order valence-corrected chi connectivity index (χ0v) is 16.1. The maximum atomic E-state index is 12.5. The highest BCUT2D eigenvalue weighted by Gasteiger charge is 2.24. The molecule has 3 rings (SSSR count). The standard InChI is InChI=1S/C22H28N2O3/c1-17(27-21-11-7-6-10-20(21)26-2)22(25)23-19-12-14-24(15-13-19)16-18-8-4-3-5-9-18/h3-11,17,19H,12-16H2,1-2H3,(H,23,25). The Bertz CT molecular complexity index is 727. The molecular weight excluding hydrogens is 340 g/mol. The van der Waals surface area contributed by atoms with Crippen molar-refractivity contribution in [1.29, 1.82) is 0 Å². The average molecular weight is 368 g/mol. The molecule has 1 unspecified atom stereocenters. The maximum Gasteiger partial charge on any atom is 0.260 e. The van der Waals surface area contributed by atoms with E-state index in [4.69, 9.17) is 9.47 Å². The Morgan fingerprint density at radius 3 is 2.37 bits per heavy atom. The van der Waals surface area contributed by atoms with E-state index in [9.17, 15) is 4.79 Å². The Morgan fingerprint density at radius 2 is 1.70 bits per heavy atom. The van der Waals surface area contributed by atoms with Gasteiger partial charge >= 0.3 is 0 Å². The first-order valence-corrected chi connectivity index (χ1v) is 9.52. The summed E-state index contributed by atoms with van der Waals surface area (Å²) in [5.41, 5.74) is 1.33. The molecule has 27 heavy (non-hydrogen) atoms. The van der Waals surface area contributed by atoms with Crippen LogP contribution in [0.15, 0.2) is 54.6 Å². The Kier molecular flexibility index (Phi) is 6.71. The van der Waals surface area contributed by atoms with Crippen molar-refractivity contribution in [2.75, 3.05) is 20.2 Å².